The number of nitrogens with two attached hydrogens (primary N) is 1. The Hall–Kier alpha value is -3.11. The molecule has 0 unspecified atom stereocenters. The summed E-state index contributed by atoms with van der Waals surface area (Å²) in [4.78, 5) is 68.4. The molecule has 4 amide bonds. The molecule has 2 heterocycles. The maximum Gasteiger partial charge on any atom is 0.330 e. The number of anilines is 2. The summed E-state index contributed by atoms with van der Waals surface area (Å²) >= 11 is 0. The zero-order valence-electron chi connectivity index (χ0n) is 20.2. The fourth-order valence-electron chi connectivity index (χ4n) is 4.80. The smallest absolute Gasteiger partial charge is 0.330 e. The van der Waals surface area contributed by atoms with E-state index in [0.29, 0.717) is 32.2 Å². The number of aromatic nitrogens is 2. The Morgan fingerprint density at radius 1 is 1.03 bits per heavy atom. The molecule has 2 aliphatic rings. The number of nitrogens with zero attached hydrogens (tertiary/aromatic N) is 3. The van der Waals surface area contributed by atoms with Gasteiger partial charge in [-0.2, -0.15) is 0 Å². The number of amides is 4. The molecule has 1 saturated carbocycles. The van der Waals surface area contributed by atoms with Gasteiger partial charge in [0.25, 0.3) is 11.5 Å². The Labute approximate surface area is 198 Å². The van der Waals surface area contributed by atoms with Gasteiger partial charge in [0.15, 0.2) is 5.69 Å². The van der Waals surface area contributed by atoms with Gasteiger partial charge in [0.2, 0.25) is 5.91 Å². The van der Waals surface area contributed by atoms with E-state index < -0.39 is 28.7 Å². The van der Waals surface area contributed by atoms with Crippen molar-refractivity contribution in [3.05, 3.63) is 20.8 Å². The third-order valence-electron chi connectivity index (χ3n) is 6.76. The summed E-state index contributed by atoms with van der Waals surface area (Å²) in [5, 5.41) is 2.81. The fraction of sp³-hybridized carbons (Fsp3) is 0.696. The van der Waals surface area contributed by atoms with Crippen LogP contribution in [0.4, 0.5) is 16.3 Å². The van der Waals surface area contributed by atoms with Gasteiger partial charge in [0, 0.05) is 26.1 Å². The fourth-order valence-corrected chi connectivity index (χ4v) is 4.80. The highest BCUT2D eigenvalue weighted by molar-refractivity contribution is 6.07. The minimum Gasteiger partial charge on any atom is -0.383 e. The van der Waals surface area contributed by atoms with E-state index in [4.69, 9.17) is 5.73 Å². The maximum atomic E-state index is 13.3. The molecule has 34 heavy (non-hydrogen) atoms. The minimum absolute atomic E-state index is 0.0491. The number of carbonyl (C=O) groups is 3. The van der Waals surface area contributed by atoms with Gasteiger partial charge in [-0.3, -0.25) is 28.8 Å². The number of aromatic amines is 1. The number of nitrogen functional groups attached to an aromatic ring is 1. The number of hydrogen-bond acceptors (Lipinski definition) is 6. The number of urea groups is 1. The van der Waals surface area contributed by atoms with Crippen LogP contribution in [-0.2, 0) is 16.1 Å². The summed E-state index contributed by atoms with van der Waals surface area (Å²) in [5.41, 5.74) is 4.01. The van der Waals surface area contributed by atoms with Gasteiger partial charge in [-0.1, -0.05) is 46.0 Å². The lowest BCUT2D eigenvalue weighted by Gasteiger charge is -2.25. The van der Waals surface area contributed by atoms with Crippen molar-refractivity contribution in [2.45, 2.75) is 90.1 Å². The van der Waals surface area contributed by atoms with Gasteiger partial charge in [-0.15, -0.1) is 0 Å². The second-order valence-electron chi connectivity index (χ2n) is 9.18. The van der Waals surface area contributed by atoms with Crippen molar-refractivity contribution >= 4 is 29.4 Å². The second-order valence-corrected chi connectivity index (χ2v) is 9.18. The number of H-pyrrole nitrogens is 1. The largest absolute Gasteiger partial charge is 0.383 e. The molecule has 1 aromatic heterocycles. The number of unbranched alkanes of at least 4 members (excludes halogenated alkanes) is 3. The second kappa shape index (κ2) is 10.9. The molecule has 1 saturated heterocycles. The van der Waals surface area contributed by atoms with Crippen LogP contribution >= 0.6 is 0 Å². The highest BCUT2D eigenvalue weighted by atomic mass is 16.2. The predicted molar refractivity (Wildman–Crippen MR) is 129 cm³/mol. The lowest BCUT2D eigenvalue weighted by molar-refractivity contribution is -0.131. The third-order valence-corrected chi connectivity index (χ3v) is 6.76. The SMILES string of the molecule is CCCCCN(C(=O)CCN1C(=O)NC2(CCCC2)C1=O)c1c(N)n(CCCC)c(=O)[nH]c1=O. The Morgan fingerprint density at radius 3 is 2.35 bits per heavy atom. The molecule has 188 valence electrons. The average molecular weight is 477 g/mol. The molecule has 1 aliphatic carbocycles. The Bertz CT molecular complexity index is 1040. The molecule has 11 nitrogen and oxygen atoms in total. The number of imide groups is 1. The van der Waals surface area contributed by atoms with Crippen LogP contribution in [0.2, 0.25) is 0 Å². The molecule has 1 spiro atoms. The van der Waals surface area contributed by atoms with Crippen LogP contribution in [0.5, 0.6) is 0 Å². The highest BCUT2D eigenvalue weighted by Gasteiger charge is 2.52. The van der Waals surface area contributed by atoms with Crippen LogP contribution in [0.25, 0.3) is 0 Å². The monoisotopic (exact) mass is 476 g/mol. The summed E-state index contributed by atoms with van der Waals surface area (Å²) in [5.74, 6) is -0.764. The lowest BCUT2D eigenvalue weighted by atomic mass is 9.98. The Balaban J connectivity index is 1.83. The van der Waals surface area contributed by atoms with Crippen molar-refractivity contribution in [1.29, 1.82) is 0 Å². The van der Waals surface area contributed by atoms with Crippen molar-refractivity contribution in [1.82, 2.24) is 19.8 Å². The normalized spacial score (nSPS) is 16.9. The van der Waals surface area contributed by atoms with Crippen molar-refractivity contribution in [3.63, 3.8) is 0 Å². The summed E-state index contributed by atoms with van der Waals surface area (Å²) < 4.78 is 1.28. The predicted octanol–water partition coefficient (Wildman–Crippen LogP) is 1.70. The van der Waals surface area contributed by atoms with E-state index in [-0.39, 0.29) is 36.9 Å². The summed E-state index contributed by atoms with van der Waals surface area (Å²) in [6.45, 7) is 4.49. The third kappa shape index (κ3) is 5.02. The van der Waals surface area contributed by atoms with Gasteiger partial charge >= 0.3 is 11.7 Å². The molecule has 0 radical (unpaired) electrons. The van der Waals surface area contributed by atoms with Crippen LogP contribution < -0.4 is 27.2 Å². The van der Waals surface area contributed by atoms with Crippen LogP contribution in [0.1, 0.15) is 78.1 Å². The molecule has 1 aromatic rings. The van der Waals surface area contributed by atoms with E-state index in [0.717, 1.165) is 37.0 Å². The molecular formula is C23H36N6O5. The average Bonchev–Trinajstić information content (AvgIpc) is 3.35. The van der Waals surface area contributed by atoms with Gasteiger partial charge in [0.1, 0.15) is 11.4 Å². The zero-order valence-corrected chi connectivity index (χ0v) is 20.2. The molecule has 0 atom stereocenters. The number of hydrogen-bond donors (Lipinski definition) is 3. The number of nitrogens with one attached hydrogen (secondary N) is 2. The molecule has 0 bridgehead atoms. The standard InChI is InChI=1S/C23H36N6O5/c1-3-5-9-14-27(17-18(24)28(13-6-4-2)21(33)25-19(17)31)16(30)10-15-29-20(32)23(26-22(29)34)11-7-8-12-23/h3-15,24H2,1-2H3,(H,26,34)(H,25,31,33). The number of rotatable bonds is 11. The number of carbonyl (C=O) groups excluding carboxylic acids is 3. The van der Waals surface area contributed by atoms with Crippen molar-refractivity contribution in [2.24, 2.45) is 0 Å². The first kappa shape index (κ1) is 25.5. The maximum absolute atomic E-state index is 13.3. The molecule has 0 aromatic carbocycles. The van der Waals surface area contributed by atoms with E-state index in [1.807, 2.05) is 13.8 Å². The quantitative estimate of drug-likeness (QED) is 0.327. The molecular weight excluding hydrogens is 440 g/mol. The van der Waals surface area contributed by atoms with Crippen LogP contribution in [0.15, 0.2) is 9.59 Å². The molecule has 2 fully saturated rings. The topological polar surface area (TPSA) is 151 Å². The van der Waals surface area contributed by atoms with Crippen LogP contribution in [0.3, 0.4) is 0 Å². The molecule has 3 rings (SSSR count). The first-order valence-corrected chi connectivity index (χ1v) is 12.3. The van der Waals surface area contributed by atoms with Crippen molar-refractivity contribution in [3.8, 4) is 0 Å². The Kier molecular flexibility index (Phi) is 8.16. The van der Waals surface area contributed by atoms with Crippen LogP contribution in [0, 0.1) is 0 Å². The van der Waals surface area contributed by atoms with Gasteiger partial charge < -0.3 is 16.0 Å². The van der Waals surface area contributed by atoms with E-state index in [2.05, 4.69) is 10.3 Å². The molecule has 1 aliphatic heterocycles. The van der Waals surface area contributed by atoms with E-state index in [1.165, 1.54) is 9.47 Å². The minimum atomic E-state index is -0.836. The van der Waals surface area contributed by atoms with E-state index >= 15 is 0 Å². The van der Waals surface area contributed by atoms with Crippen molar-refractivity contribution in [2.75, 3.05) is 23.7 Å². The molecule has 4 N–H and O–H groups in total. The van der Waals surface area contributed by atoms with Gasteiger partial charge in [-0.25, -0.2) is 9.59 Å². The molecule has 11 heteroatoms. The zero-order chi connectivity index (χ0) is 24.9. The lowest BCUT2D eigenvalue weighted by Crippen LogP contribution is -2.45. The summed E-state index contributed by atoms with van der Waals surface area (Å²) in [6, 6.07) is -0.484. The highest BCUT2D eigenvalue weighted by Crippen LogP contribution is 2.35. The van der Waals surface area contributed by atoms with Crippen LogP contribution in [-0.4, -0.2) is 50.9 Å². The Morgan fingerprint density at radius 2 is 1.71 bits per heavy atom. The van der Waals surface area contributed by atoms with Gasteiger partial charge in [-0.05, 0) is 25.7 Å². The first-order valence-electron chi connectivity index (χ1n) is 12.3. The first-order chi connectivity index (χ1) is 16.3. The van der Waals surface area contributed by atoms with E-state index in [1.54, 1.807) is 0 Å². The summed E-state index contributed by atoms with van der Waals surface area (Å²) in [6.07, 6.45) is 6.73. The van der Waals surface area contributed by atoms with Crippen molar-refractivity contribution < 1.29 is 14.4 Å². The van der Waals surface area contributed by atoms with Gasteiger partial charge in [0.05, 0.1) is 0 Å². The summed E-state index contributed by atoms with van der Waals surface area (Å²) in [7, 11) is 0. The van der Waals surface area contributed by atoms with E-state index in [9.17, 15) is 24.0 Å².